The fourth-order valence-corrected chi connectivity index (χ4v) is 1.42. The van der Waals surface area contributed by atoms with Gasteiger partial charge in [-0.1, -0.05) is 6.07 Å². The normalized spacial score (nSPS) is 13.4. The summed E-state index contributed by atoms with van der Waals surface area (Å²) in [7, 11) is 0. The molecule has 0 aliphatic carbocycles. The van der Waals surface area contributed by atoms with Gasteiger partial charge in [0, 0.05) is 0 Å². The van der Waals surface area contributed by atoms with Gasteiger partial charge in [-0.15, -0.1) is 0 Å². The van der Waals surface area contributed by atoms with Crippen LogP contribution in [0, 0.1) is 0 Å². The molecular formula is C11H7F9O. The highest BCUT2D eigenvalue weighted by Gasteiger charge is 2.37. The van der Waals surface area contributed by atoms with Gasteiger partial charge >= 0.3 is 18.5 Å². The van der Waals surface area contributed by atoms with Crippen LogP contribution in [0.1, 0.15) is 11.1 Å². The Kier molecular flexibility index (Phi) is 4.69. The highest BCUT2D eigenvalue weighted by Crippen LogP contribution is 2.38. The van der Waals surface area contributed by atoms with Crippen molar-refractivity contribution in [2.24, 2.45) is 0 Å². The highest BCUT2D eigenvalue weighted by atomic mass is 19.4. The summed E-state index contributed by atoms with van der Waals surface area (Å²) in [5.41, 5.74) is -2.20. The first kappa shape index (κ1) is 17.4. The van der Waals surface area contributed by atoms with Crippen LogP contribution in [0.5, 0.6) is 5.75 Å². The Morgan fingerprint density at radius 2 is 1.38 bits per heavy atom. The maximum absolute atomic E-state index is 12.6. The van der Waals surface area contributed by atoms with Gasteiger partial charge in [0.1, 0.15) is 5.75 Å². The predicted octanol–water partition coefficient (Wildman–Crippen LogP) is 4.75. The molecule has 0 aliphatic heterocycles. The van der Waals surface area contributed by atoms with E-state index in [9.17, 15) is 39.5 Å². The highest BCUT2D eigenvalue weighted by molar-refractivity contribution is 5.39. The average Bonchev–Trinajstić information content (AvgIpc) is 2.21. The van der Waals surface area contributed by atoms with Crippen molar-refractivity contribution in [1.82, 2.24) is 0 Å². The second-order valence-corrected chi connectivity index (χ2v) is 4.02. The third kappa shape index (κ3) is 6.13. The van der Waals surface area contributed by atoms with Gasteiger partial charge in [0.05, 0.1) is 12.0 Å². The Balaban J connectivity index is 3.11. The number of alkyl halides is 9. The zero-order chi connectivity index (χ0) is 16.5. The van der Waals surface area contributed by atoms with E-state index in [0.29, 0.717) is 12.1 Å². The van der Waals surface area contributed by atoms with Crippen LogP contribution in [-0.4, -0.2) is 19.0 Å². The van der Waals surface area contributed by atoms with Crippen molar-refractivity contribution in [2.75, 3.05) is 6.61 Å². The van der Waals surface area contributed by atoms with Crippen molar-refractivity contribution in [2.45, 2.75) is 24.9 Å². The predicted molar refractivity (Wildman–Crippen MR) is 52.8 cm³/mol. The molecule has 0 amide bonds. The van der Waals surface area contributed by atoms with Gasteiger partial charge in [0.2, 0.25) is 0 Å². The molecule has 1 rings (SSSR count). The third-order valence-corrected chi connectivity index (χ3v) is 2.15. The van der Waals surface area contributed by atoms with E-state index in [1.807, 2.05) is 0 Å². The van der Waals surface area contributed by atoms with E-state index >= 15 is 0 Å². The molecule has 0 bridgehead atoms. The molecule has 0 fully saturated rings. The zero-order valence-corrected chi connectivity index (χ0v) is 9.96. The maximum Gasteiger partial charge on any atom is 0.422 e. The lowest BCUT2D eigenvalue weighted by atomic mass is 10.1. The fourth-order valence-electron chi connectivity index (χ4n) is 1.42. The molecule has 0 aliphatic rings. The molecule has 120 valence electrons. The monoisotopic (exact) mass is 326 g/mol. The van der Waals surface area contributed by atoms with Gasteiger partial charge in [0.15, 0.2) is 6.61 Å². The molecule has 0 unspecified atom stereocenters. The van der Waals surface area contributed by atoms with Crippen LogP contribution in [-0.2, 0) is 12.6 Å². The molecule has 0 atom stereocenters. The fraction of sp³-hybridized carbons (Fsp3) is 0.455. The summed E-state index contributed by atoms with van der Waals surface area (Å²) < 4.78 is 114. The number of hydrogen-bond donors (Lipinski definition) is 0. The van der Waals surface area contributed by atoms with E-state index in [-0.39, 0.29) is 6.07 Å². The van der Waals surface area contributed by atoms with Gasteiger partial charge in [-0.05, 0) is 17.7 Å². The second kappa shape index (κ2) is 5.64. The quantitative estimate of drug-likeness (QED) is 0.728. The number of halogens is 9. The standard InChI is InChI=1S/C11H7F9O/c12-9(13,14)4-6-1-2-7(11(18,19)20)8(3-6)21-5-10(15,16)17/h1-3H,4-5H2. The van der Waals surface area contributed by atoms with Crippen LogP contribution in [0.3, 0.4) is 0 Å². The first-order chi connectivity index (χ1) is 9.28. The number of hydrogen-bond acceptors (Lipinski definition) is 1. The zero-order valence-electron chi connectivity index (χ0n) is 9.96. The molecule has 1 aromatic carbocycles. The van der Waals surface area contributed by atoms with Gasteiger partial charge in [0.25, 0.3) is 0 Å². The smallest absolute Gasteiger partial charge is 0.422 e. The van der Waals surface area contributed by atoms with E-state index in [0.717, 1.165) is 0 Å². The maximum atomic E-state index is 12.6. The van der Waals surface area contributed by atoms with E-state index in [1.54, 1.807) is 0 Å². The number of rotatable bonds is 3. The van der Waals surface area contributed by atoms with Gasteiger partial charge in [-0.2, -0.15) is 39.5 Å². The topological polar surface area (TPSA) is 9.23 Å². The Hall–Kier alpha value is -1.61. The minimum atomic E-state index is -5.04. The first-order valence-corrected chi connectivity index (χ1v) is 5.24. The summed E-state index contributed by atoms with van der Waals surface area (Å²) in [4.78, 5) is 0. The molecule has 0 aromatic heterocycles. The largest absolute Gasteiger partial charge is 0.483 e. The Morgan fingerprint density at radius 3 is 1.81 bits per heavy atom. The summed E-state index contributed by atoms with van der Waals surface area (Å²) in [6, 6.07) is 1.10. The lowest BCUT2D eigenvalue weighted by Crippen LogP contribution is -2.21. The van der Waals surface area contributed by atoms with Crippen LogP contribution < -0.4 is 4.74 Å². The molecule has 10 heteroatoms. The van der Waals surface area contributed by atoms with Crippen molar-refractivity contribution in [3.05, 3.63) is 29.3 Å². The lowest BCUT2D eigenvalue weighted by Gasteiger charge is -2.16. The molecule has 0 saturated heterocycles. The van der Waals surface area contributed by atoms with E-state index in [2.05, 4.69) is 4.74 Å². The molecule has 0 spiro atoms. The summed E-state index contributed by atoms with van der Waals surface area (Å²) in [6.45, 7) is -2.04. The lowest BCUT2D eigenvalue weighted by molar-refractivity contribution is -0.159. The average molecular weight is 326 g/mol. The van der Waals surface area contributed by atoms with Crippen LogP contribution in [0.2, 0.25) is 0 Å². The van der Waals surface area contributed by atoms with Crippen LogP contribution in [0.25, 0.3) is 0 Å². The van der Waals surface area contributed by atoms with E-state index in [4.69, 9.17) is 0 Å². The first-order valence-electron chi connectivity index (χ1n) is 5.24. The van der Waals surface area contributed by atoms with Gasteiger partial charge in [-0.3, -0.25) is 0 Å². The Bertz CT molecular complexity index is 484. The summed E-state index contributed by atoms with van der Waals surface area (Å²) in [6.07, 6.45) is -16.2. The summed E-state index contributed by atoms with van der Waals surface area (Å²) >= 11 is 0. The molecule has 1 aromatic rings. The van der Waals surface area contributed by atoms with Crippen molar-refractivity contribution in [3.63, 3.8) is 0 Å². The Labute approximate surface area is 112 Å². The summed E-state index contributed by atoms with van der Waals surface area (Å²) in [5.74, 6) is -1.29. The van der Waals surface area contributed by atoms with Crippen molar-refractivity contribution < 1.29 is 44.3 Å². The van der Waals surface area contributed by atoms with Crippen LogP contribution in [0.4, 0.5) is 39.5 Å². The minimum Gasteiger partial charge on any atom is -0.483 e. The third-order valence-electron chi connectivity index (χ3n) is 2.15. The van der Waals surface area contributed by atoms with Crippen LogP contribution in [0.15, 0.2) is 18.2 Å². The molecule has 0 N–H and O–H groups in total. The van der Waals surface area contributed by atoms with Crippen molar-refractivity contribution in [1.29, 1.82) is 0 Å². The SMILES string of the molecule is FC(F)(F)COc1cc(CC(F)(F)F)ccc1C(F)(F)F. The van der Waals surface area contributed by atoms with E-state index < -0.39 is 48.4 Å². The minimum absolute atomic E-state index is 0.257. The van der Waals surface area contributed by atoms with Crippen LogP contribution >= 0.6 is 0 Å². The van der Waals surface area contributed by atoms with Crippen molar-refractivity contribution >= 4 is 0 Å². The molecule has 0 saturated carbocycles. The molecule has 0 heterocycles. The van der Waals surface area contributed by atoms with Crippen molar-refractivity contribution in [3.8, 4) is 5.75 Å². The molecular weight excluding hydrogens is 319 g/mol. The van der Waals surface area contributed by atoms with Gasteiger partial charge in [-0.25, -0.2) is 0 Å². The number of benzene rings is 1. The number of ether oxygens (including phenoxy) is 1. The second-order valence-electron chi connectivity index (χ2n) is 4.02. The summed E-state index contributed by atoms with van der Waals surface area (Å²) in [5, 5.41) is 0. The molecule has 21 heavy (non-hydrogen) atoms. The van der Waals surface area contributed by atoms with Gasteiger partial charge < -0.3 is 4.74 Å². The van der Waals surface area contributed by atoms with E-state index in [1.165, 1.54) is 0 Å². The molecule has 1 nitrogen and oxygen atoms in total. The Morgan fingerprint density at radius 1 is 0.810 bits per heavy atom. The molecule has 0 radical (unpaired) electrons.